The Labute approximate surface area is 91.5 Å². The quantitative estimate of drug-likeness (QED) is 0.760. The number of aliphatic carboxylic acids is 1. The SMILES string of the molecule is CC1CCC(N2CCC[C@H]2C(=O)O)CC1. The standard InChI is InChI=1S/C12H21NO2/c1-9-4-6-10(7-5-9)13-8-2-3-11(13)12(14)15/h9-11H,2-8H2,1H3,(H,14,15)/t9?,10?,11-/m0/s1. The first-order chi connectivity index (χ1) is 7.18. The van der Waals surface area contributed by atoms with Crippen molar-refractivity contribution in [3.05, 3.63) is 0 Å². The zero-order chi connectivity index (χ0) is 10.8. The summed E-state index contributed by atoms with van der Waals surface area (Å²) in [5.41, 5.74) is 0. The molecule has 0 aromatic rings. The van der Waals surface area contributed by atoms with E-state index in [2.05, 4.69) is 11.8 Å². The smallest absolute Gasteiger partial charge is 0.320 e. The summed E-state index contributed by atoms with van der Waals surface area (Å²) in [6.45, 7) is 3.30. The normalized spacial score (nSPS) is 38.1. The molecule has 0 unspecified atom stereocenters. The van der Waals surface area contributed by atoms with Gasteiger partial charge in [0.1, 0.15) is 6.04 Å². The van der Waals surface area contributed by atoms with E-state index >= 15 is 0 Å². The van der Waals surface area contributed by atoms with Gasteiger partial charge in [0.15, 0.2) is 0 Å². The van der Waals surface area contributed by atoms with Gasteiger partial charge in [0, 0.05) is 6.04 Å². The summed E-state index contributed by atoms with van der Waals surface area (Å²) in [5, 5.41) is 9.12. The molecule has 0 aromatic heterocycles. The van der Waals surface area contributed by atoms with Crippen molar-refractivity contribution in [3.63, 3.8) is 0 Å². The van der Waals surface area contributed by atoms with E-state index < -0.39 is 5.97 Å². The summed E-state index contributed by atoms with van der Waals surface area (Å²) in [7, 11) is 0. The maximum atomic E-state index is 11.1. The molecule has 1 heterocycles. The van der Waals surface area contributed by atoms with Crippen LogP contribution in [-0.2, 0) is 4.79 Å². The highest BCUT2D eigenvalue weighted by Crippen LogP contribution is 2.31. The number of carboxylic acids is 1. The van der Waals surface area contributed by atoms with Crippen molar-refractivity contribution in [2.45, 2.75) is 57.5 Å². The Balaban J connectivity index is 1.94. The lowest BCUT2D eigenvalue weighted by Gasteiger charge is -2.35. The molecule has 1 aliphatic carbocycles. The summed E-state index contributed by atoms with van der Waals surface area (Å²) < 4.78 is 0. The van der Waals surface area contributed by atoms with Crippen molar-refractivity contribution in [2.24, 2.45) is 5.92 Å². The van der Waals surface area contributed by atoms with Crippen molar-refractivity contribution in [1.29, 1.82) is 0 Å². The third-order valence-corrected chi connectivity index (χ3v) is 4.03. The largest absolute Gasteiger partial charge is 0.480 e. The Hall–Kier alpha value is -0.570. The van der Waals surface area contributed by atoms with E-state index in [9.17, 15) is 4.79 Å². The van der Waals surface area contributed by atoms with Crippen LogP contribution in [0.5, 0.6) is 0 Å². The van der Waals surface area contributed by atoms with Crippen molar-refractivity contribution < 1.29 is 9.90 Å². The lowest BCUT2D eigenvalue weighted by molar-refractivity contribution is -0.143. The minimum absolute atomic E-state index is 0.191. The van der Waals surface area contributed by atoms with E-state index in [1.165, 1.54) is 25.7 Å². The fraction of sp³-hybridized carbons (Fsp3) is 0.917. The summed E-state index contributed by atoms with van der Waals surface area (Å²) in [5.74, 6) is 0.221. The number of hydrogen-bond donors (Lipinski definition) is 1. The highest BCUT2D eigenvalue weighted by atomic mass is 16.4. The molecule has 0 amide bonds. The zero-order valence-corrected chi connectivity index (χ0v) is 9.48. The number of rotatable bonds is 2. The van der Waals surface area contributed by atoms with Crippen molar-refractivity contribution in [2.75, 3.05) is 6.54 Å². The molecule has 15 heavy (non-hydrogen) atoms. The van der Waals surface area contributed by atoms with Crippen LogP contribution in [0.25, 0.3) is 0 Å². The van der Waals surface area contributed by atoms with Crippen molar-refractivity contribution in [1.82, 2.24) is 4.90 Å². The van der Waals surface area contributed by atoms with E-state index in [-0.39, 0.29) is 6.04 Å². The molecule has 1 atom stereocenters. The first-order valence-corrected chi connectivity index (χ1v) is 6.17. The second-order valence-electron chi connectivity index (χ2n) is 5.15. The molecule has 0 aromatic carbocycles. The molecule has 1 saturated carbocycles. The third-order valence-electron chi connectivity index (χ3n) is 4.03. The van der Waals surface area contributed by atoms with Gasteiger partial charge < -0.3 is 5.11 Å². The molecule has 0 spiro atoms. The second kappa shape index (κ2) is 4.52. The minimum Gasteiger partial charge on any atom is -0.480 e. The van der Waals surface area contributed by atoms with Crippen LogP contribution in [0.4, 0.5) is 0 Å². The molecule has 2 rings (SSSR count). The summed E-state index contributed by atoms with van der Waals surface area (Å²) >= 11 is 0. The molecular formula is C12H21NO2. The predicted octanol–water partition coefficient (Wildman–Crippen LogP) is 2.11. The molecule has 2 fully saturated rings. The van der Waals surface area contributed by atoms with Gasteiger partial charge in [0.25, 0.3) is 0 Å². The minimum atomic E-state index is -0.619. The first-order valence-electron chi connectivity index (χ1n) is 6.17. The van der Waals surface area contributed by atoms with Crippen LogP contribution in [-0.4, -0.2) is 34.6 Å². The molecule has 86 valence electrons. The molecule has 1 aliphatic heterocycles. The molecule has 0 bridgehead atoms. The van der Waals surface area contributed by atoms with Crippen LogP contribution in [0, 0.1) is 5.92 Å². The molecular weight excluding hydrogens is 190 g/mol. The molecule has 0 radical (unpaired) electrons. The average molecular weight is 211 g/mol. The third kappa shape index (κ3) is 2.33. The Bertz CT molecular complexity index is 234. The Morgan fingerprint density at radius 2 is 1.87 bits per heavy atom. The van der Waals surface area contributed by atoms with E-state index in [0.29, 0.717) is 6.04 Å². The van der Waals surface area contributed by atoms with E-state index in [0.717, 1.165) is 25.3 Å². The van der Waals surface area contributed by atoms with Crippen molar-refractivity contribution >= 4 is 5.97 Å². The summed E-state index contributed by atoms with van der Waals surface area (Å²) in [6.07, 6.45) is 6.85. The maximum absolute atomic E-state index is 11.1. The van der Waals surface area contributed by atoms with E-state index in [4.69, 9.17) is 5.11 Å². The first kappa shape index (κ1) is 10.9. The average Bonchev–Trinajstić information content (AvgIpc) is 2.67. The van der Waals surface area contributed by atoms with Crippen LogP contribution in [0.1, 0.15) is 45.4 Å². The molecule has 1 saturated heterocycles. The van der Waals surface area contributed by atoms with Crippen LogP contribution < -0.4 is 0 Å². The van der Waals surface area contributed by atoms with Gasteiger partial charge in [-0.05, 0) is 51.0 Å². The second-order valence-corrected chi connectivity index (χ2v) is 5.15. The van der Waals surface area contributed by atoms with E-state index in [1.807, 2.05) is 0 Å². The monoisotopic (exact) mass is 211 g/mol. The van der Waals surface area contributed by atoms with Gasteiger partial charge in [-0.3, -0.25) is 9.69 Å². The zero-order valence-electron chi connectivity index (χ0n) is 9.48. The number of likely N-dealkylation sites (tertiary alicyclic amines) is 1. The topological polar surface area (TPSA) is 40.5 Å². The van der Waals surface area contributed by atoms with Gasteiger partial charge in [-0.2, -0.15) is 0 Å². The molecule has 3 nitrogen and oxygen atoms in total. The fourth-order valence-electron chi connectivity index (χ4n) is 3.07. The summed E-state index contributed by atoms with van der Waals surface area (Å²) in [4.78, 5) is 13.3. The van der Waals surface area contributed by atoms with Crippen LogP contribution in [0.2, 0.25) is 0 Å². The molecule has 1 N–H and O–H groups in total. The molecule has 2 aliphatic rings. The fourth-order valence-corrected chi connectivity index (χ4v) is 3.07. The van der Waals surface area contributed by atoms with Gasteiger partial charge in [-0.25, -0.2) is 0 Å². The van der Waals surface area contributed by atoms with Gasteiger partial charge in [-0.15, -0.1) is 0 Å². The highest BCUT2D eigenvalue weighted by Gasteiger charge is 2.36. The van der Waals surface area contributed by atoms with Crippen LogP contribution in [0.3, 0.4) is 0 Å². The highest BCUT2D eigenvalue weighted by molar-refractivity contribution is 5.73. The Morgan fingerprint density at radius 3 is 2.47 bits per heavy atom. The van der Waals surface area contributed by atoms with Gasteiger partial charge >= 0.3 is 5.97 Å². The maximum Gasteiger partial charge on any atom is 0.320 e. The number of carboxylic acid groups (broad SMARTS) is 1. The van der Waals surface area contributed by atoms with Crippen LogP contribution >= 0.6 is 0 Å². The lowest BCUT2D eigenvalue weighted by Crippen LogP contribution is -2.44. The van der Waals surface area contributed by atoms with Crippen LogP contribution in [0.15, 0.2) is 0 Å². The lowest BCUT2D eigenvalue weighted by atomic mass is 9.86. The number of nitrogens with zero attached hydrogens (tertiary/aromatic N) is 1. The van der Waals surface area contributed by atoms with Gasteiger partial charge in [-0.1, -0.05) is 6.92 Å². The van der Waals surface area contributed by atoms with Crippen molar-refractivity contribution in [3.8, 4) is 0 Å². The Kier molecular flexibility index (Phi) is 3.29. The Morgan fingerprint density at radius 1 is 1.20 bits per heavy atom. The van der Waals surface area contributed by atoms with Gasteiger partial charge in [0.2, 0.25) is 0 Å². The number of carbonyl (C=O) groups is 1. The van der Waals surface area contributed by atoms with Gasteiger partial charge in [0.05, 0.1) is 0 Å². The van der Waals surface area contributed by atoms with E-state index in [1.54, 1.807) is 0 Å². The summed E-state index contributed by atoms with van der Waals surface area (Å²) in [6, 6.07) is 0.355. The molecule has 3 heteroatoms. The number of hydrogen-bond acceptors (Lipinski definition) is 2. The predicted molar refractivity (Wildman–Crippen MR) is 58.8 cm³/mol.